The molecular formula is C16H19N2O2S2+. The van der Waals surface area contributed by atoms with Gasteiger partial charge in [-0.15, -0.1) is 0 Å². The van der Waals surface area contributed by atoms with Crippen LogP contribution in [-0.4, -0.2) is 40.0 Å². The van der Waals surface area contributed by atoms with Crippen molar-refractivity contribution in [2.75, 3.05) is 19.8 Å². The van der Waals surface area contributed by atoms with Crippen molar-refractivity contribution in [3.63, 3.8) is 0 Å². The number of carbonyl (C=O) groups excluding carboxylic acids is 1. The van der Waals surface area contributed by atoms with Crippen LogP contribution in [0.15, 0.2) is 29.2 Å². The molecule has 2 N–H and O–H groups in total. The molecule has 2 fully saturated rings. The number of nitrogens with zero attached hydrogens (tertiary/aromatic N) is 1. The molecule has 2 aliphatic rings. The molecule has 0 bridgehead atoms. The second-order valence-corrected chi connectivity index (χ2v) is 7.31. The van der Waals surface area contributed by atoms with Crippen LogP contribution in [0.25, 0.3) is 6.08 Å². The van der Waals surface area contributed by atoms with Gasteiger partial charge in [0.15, 0.2) is 11.0 Å². The molecule has 6 heteroatoms. The van der Waals surface area contributed by atoms with Crippen molar-refractivity contribution in [3.05, 3.63) is 34.7 Å². The van der Waals surface area contributed by atoms with E-state index in [1.165, 1.54) is 35.9 Å². The van der Waals surface area contributed by atoms with E-state index in [2.05, 4.69) is 0 Å². The predicted molar refractivity (Wildman–Crippen MR) is 92.5 cm³/mol. The maximum atomic E-state index is 12.6. The molecule has 0 spiro atoms. The van der Waals surface area contributed by atoms with Crippen molar-refractivity contribution >= 4 is 40.3 Å². The number of carbonyl (C=O) groups is 1. The van der Waals surface area contributed by atoms with Crippen molar-refractivity contribution in [1.82, 2.24) is 4.90 Å². The van der Waals surface area contributed by atoms with Crippen molar-refractivity contribution in [1.29, 1.82) is 0 Å². The third kappa shape index (κ3) is 3.34. The number of piperidine rings is 1. The zero-order chi connectivity index (χ0) is 15.5. The minimum absolute atomic E-state index is 0.0451. The van der Waals surface area contributed by atoms with Gasteiger partial charge in [0, 0.05) is 5.56 Å². The van der Waals surface area contributed by atoms with Crippen LogP contribution in [0.4, 0.5) is 0 Å². The van der Waals surface area contributed by atoms with Gasteiger partial charge in [0.05, 0.1) is 18.0 Å². The molecule has 116 valence electrons. The third-order valence-corrected chi connectivity index (χ3v) is 5.42. The van der Waals surface area contributed by atoms with E-state index in [1.807, 2.05) is 6.07 Å². The minimum atomic E-state index is -0.0451. The standard InChI is InChI=1S/C16H18N2O2S2/c19-13-7-3-2-6-12(13)10-14-15(20)18(16(21)22-14)11-17-8-4-1-5-9-17/h2-3,6-7,10,19H,1,4-5,8-9,11H2/p+1/b14-10-. The molecule has 0 aliphatic carbocycles. The number of hydrogen-bond donors (Lipinski definition) is 2. The SMILES string of the molecule is O=C1/C(=C/c2ccccc2O)SC(=S)N1C[NH+]1CCCCC1. The summed E-state index contributed by atoms with van der Waals surface area (Å²) in [4.78, 5) is 16.3. The number of nitrogens with one attached hydrogen (secondary N) is 1. The summed E-state index contributed by atoms with van der Waals surface area (Å²) in [6.45, 7) is 2.87. The Labute approximate surface area is 139 Å². The van der Waals surface area contributed by atoms with Gasteiger partial charge in [0.2, 0.25) is 0 Å². The quantitative estimate of drug-likeness (QED) is 0.651. The molecule has 0 unspecified atom stereocenters. The Morgan fingerprint density at radius 3 is 2.73 bits per heavy atom. The summed E-state index contributed by atoms with van der Waals surface area (Å²) in [5, 5.41) is 9.83. The summed E-state index contributed by atoms with van der Waals surface area (Å²) in [6, 6.07) is 7.00. The molecule has 0 aromatic heterocycles. The number of rotatable bonds is 3. The lowest BCUT2D eigenvalue weighted by molar-refractivity contribution is -0.911. The molecule has 1 aromatic rings. The average Bonchev–Trinajstić information content (AvgIpc) is 2.78. The number of phenols is 1. The van der Waals surface area contributed by atoms with Gasteiger partial charge in [0.1, 0.15) is 5.75 Å². The molecule has 1 amide bonds. The lowest BCUT2D eigenvalue weighted by Gasteiger charge is -2.27. The first-order valence-electron chi connectivity index (χ1n) is 7.52. The first-order valence-corrected chi connectivity index (χ1v) is 8.74. The van der Waals surface area contributed by atoms with Crippen LogP contribution in [0.1, 0.15) is 24.8 Å². The Morgan fingerprint density at radius 1 is 1.27 bits per heavy atom. The van der Waals surface area contributed by atoms with Gasteiger partial charge < -0.3 is 10.0 Å². The number of phenolic OH excluding ortho intramolecular Hbond substituents is 1. The molecular weight excluding hydrogens is 316 g/mol. The molecule has 0 atom stereocenters. The smallest absolute Gasteiger partial charge is 0.270 e. The van der Waals surface area contributed by atoms with E-state index in [4.69, 9.17) is 12.2 Å². The summed E-state index contributed by atoms with van der Waals surface area (Å²) in [7, 11) is 0. The molecule has 3 rings (SSSR count). The van der Waals surface area contributed by atoms with Crippen LogP contribution in [0.5, 0.6) is 5.75 Å². The Balaban J connectivity index is 1.75. The van der Waals surface area contributed by atoms with Crippen molar-refractivity contribution in [2.45, 2.75) is 19.3 Å². The number of aromatic hydroxyl groups is 1. The van der Waals surface area contributed by atoms with E-state index >= 15 is 0 Å². The zero-order valence-corrected chi connectivity index (χ0v) is 13.9. The monoisotopic (exact) mass is 335 g/mol. The molecule has 2 heterocycles. The van der Waals surface area contributed by atoms with Gasteiger partial charge >= 0.3 is 0 Å². The zero-order valence-electron chi connectivity index (χ0n) is 12.2. The number of thiocarbonyl (C=S) groups is 1. The summed E-state index contributed by atoms with van der Waals surface area (Å²) < 4.78 is 0.616. The second kappa shape index (κ2) is 6.81. The Bertz CT molecular complexity index is 624. The number of amides is 1. The van der Waals surface area contributed by atoms with Crippen molar-refractivity contribution < 1.29 is 14.8 Å². The van der Waals surface area contributed by atoms with Gasteiger partial charge in [-0.05, 0) is 31.4 Å². The lowest BCUT2D eigenvalue weighted by atomic mass is 10.1. The van der Waals surface area contributed by atoms with E-state index < -0.39 is 0 Å². The fourth-order valence-electron chi connectivity index (χ4n) is 2.82. The maximum Gasteiger partial charge on any atom is 0.270 e. The first kappa shape index (κ1) is 15.5. The fraction of sp³-hybridized carbons (Fsp3) is 0.375. The Morgan fingerprint density at radius 2 is 2.00 bits per heavy atom. The van der Waals surface area contributed by atoms with Crippen molar-refractivity contribution in [3.8, 4) is 5.75 Å². The highest BCUT2D eigenvalue weighted by atomic mass is 32.2. The number of likely N-dealkylation sites (tertiary alicyclic amines) is 1. The van der Waals surface area contributed by atoms with E-state index in [9.17, 15) is 9.90 Å². The van der Waals surface area contributed by atoms with E-state index in [0.717, 1.165) is 13.1 Å². The van der Waals surface area contributed by atoms with Crippen LogP contribution in [0.3, 0.4) is 0 Å². The lowest BCUT2D eigenvalue weighted by Crippen LogP contribution is -3.14. The highest BCUT2D eigenvalue weighted by Gasteiger charge is 2.35. The van der Waals surface area contributed by atoms with Gasteiger partial charge in [-0.3, -0.25) is 4.79 Å². The van der Waals surface area contributed by atoms with Crippen LogP contribution < -0.4 is 4.90 Å². The highest BCUT2D eigenvalue weighted by Crippen LogP contribution is 2.33. The third-order valence-electron chi connectivity index (χ3n) is 4.04. The van der Waals surface area contributed by atoms with E-state index in [-0.39, 0.29) is 11.7 Å². The van der Waals surface area contributed by atoms with Crippen molar-refractivity contribution in [2.24, 2.45) is 0 Å². The molecule has 0 radical (unpaired) electrons. The van der Waals surface area contributed by atoms with Crippen LogP contribution in [0, 0.1) is 0 Å². The van der Waals surface area contributed by atoms with Crippen LogP contribution >= 0.6 is 24.0 Å². The summed E-state index contributed by atoms with van der Waals surface area (Å²) in [5.41, 5.74) is 0.647. The summed E-state index contributed by atoms with van der Waals surface area (Å²) in [5.74, 6) is 0.130. The molecule has 2 saturated heterocycles. The fourth-order valence-corrected chi connectivity index (χ4v) is 4.07. The minimum Gasteiger partial charge on any atom is -0.507 e. The normalized spacial score (nSPS) is 21.8. The van der Waals surface area contributed by atoms with Crippen LogP contribution in [-0.2, 0) is 4.79 Å². The molecule has 0 saturated carbocycles. The number of para-hydroxylation sites is 1. The molecule has 2 aliphatic heterocycles. The predicted octanol–water partition coefficient (Wildman–Crippen LogP) is 1.62. The second-order valence-electron chi connectivity index (χ2n) is 5.64. The summed E-state index contributed by atoms with van der Waals surface area (Å²) >= 11 is 6.68. The largest absolute Gasteiger partial charge is 0.507 e. The van der Waals surface area contributed by atoms with Gasteiger partial charge in [-0.2, -0.15) is 0 Å². The van der Waals surface area contributed by atoms with Gasteiger partial charge in [0.25, 0.3) is 5.91 Å². The van der Waals surface area contributed by atoms with E-state index in [0.29, 0.717) is 21.5 Å². The molecule has 1 aromatic carbocycles. The maximum absolute atomic E-state index is 12.6. The van der Waals surface area contributed by atoms with Crippen LogP contribution in [0.2, 0.25) is 0 Å². The molecule has 4 nitrogen and oxygen atoms in total. The summed E-state index contributed by atoms with van der Waals surface area (Å²) in [6.07, 6.45) is 5.45. The first-order chi connectivity index (χ1) is 10.6. The molecule has 22 heavy (non-hydrogen) atoms. The topological polar surface area (TPSA) is 45.0 Å². The Kier molecular flexibility index (Phi) is 4.81. The number of thioether (sulfide) groups is 1. The van der Waals surface area contributed by atoms with Gasteiger partial charge in [-0.25, -0.2) is 4.90 Å². The van der Waals surface area contributed by atoms with Gasteiger partial charge in [-0.1, -0.05) is 42.2 Å². The van der Waals surface area contributed by atoms with E-state index in [1.54, 1.807) is 29.2 Å². The number of hydrogen-bond acceptors (Lipinski definition) is 4. The number of benzene rings is 1. The Hall–Kier alpha value is -1.37. The highest BCUT2D eigenvalue weighted by molar-refractivity contribution is 8.26. The average molecular weight is 335 g/mol. The number of quaternary nitrogens is 1.